The van der Waals surface area contributed by atoms with Gasteiger partial charge in [0.05, 0.1) is 16.6 Å². The minimum Gasteiger partial charge on any atom is -0.352 e. The highest BCUT2D eigenvalue weighted by molar-refractivity contribution is 6.35. The largest absolute Gasteiger partial charge is 0.352 e. The summed E-state index contributed by atoms with van der Waals surface area (Å²) in [5, 5.41) is 7.19. The fourth-order valence-corrected chi connectivity index (χ4v) is 2.48. The molecule has 0 saturated heterocycles. The third-order valence-electron chi connectivity index (χ3n) is 3.08. The molecule has 0 heterocycles. The Labute approximate surface area is 144 Å². The summed E-state index contributed by atoms with van der Waals surface area (Å²) in [4.78, 5) is 23.1. The zero-order valence-corrected chi connectivity index (χ0v) is 14.8. The van der Waals surface area contributed by atoms with Crippen LogP contribution in [0.3, 0.4) is 0 Å². The van der Waals surface area contributed by atoms with Crippen molar-refractivity contribution in [2.24, 2.45) is 0 Å². The van der Waals surface area contributed by atoms with Gasteiger partial charge in [0.25, 0.3) is 5.91 Å². The summed E-state index contributed by atoms with van der Waals surface area (Å²) < 4.78 is 13.5. The van der Waals surface area contributed by atoms with Gasteiger partial charge in [-0.2, -0.15) is 0 Å². The van der Waals surface area contributed by atoms with E-state index in [2.05, 4.69) is 10.6 Å². The maximum absolute atomic E-state index is 13.5. The highest BCUT2D eigenvalue weighted by Crippen LogP contribution is 2.27. The number of hydrogen-bond acceptors (Lipinski definition) is 2. The average Bonchev–Trinajstić information content (AvgIpc) is 2.45. The van der Waals surface area contributed by atoms with Gasteiger partial charge in [-0.3, -0.25) is 9.59 Å². The quantitative estimate of drug-likeness (QED) is 0.639. The van der Waals surface area contributed by atoms with E-state index in [1.54, 1.807) is 12.2 Å². The van der Waals surface area contributed by atoms with Gasteiger partial charge in [-0.1, -0.05) is 23.2 Å². The first-order valence-electron chi connectivity index (χ1n) is 7.24. The molecule has 1 aromatic rings. The van der Waals surface area contributed by atoms with Gasteiger partial charge in [-0.25, -0.2) is 4.39 Å². The van der Waals surface area contributed by atoms with Crippen molar-refractivity contribution in [3.05, 3.63) is 33.6 Å². The maximum atomic E-state index is 13.5. The summed E-state index contributed by atoms with van der Waals surface area (Å²) in [7, 11) is 0. The lowest BCUT2D eigenvalue weighted by atomic mass is 10.1. The molecule has 5 nitrogen and oxygen atoms in total. The third kappa shape index (κ3) is 6.72. The number of carbonyl (C=O) groups excluding carboxylic acids is 2. The van der Waals surface area contributed by atoms with E-state index in [-0.39, 0.29) is 42.0 Å². The second-order valence-corrected chi connectivity index (χ2v) is 6.33. The molecule has 0 aliphatic rings. The van der Waals surface area contributed by atoms with Gasteiger partial charge in [0.15, 0.2) is 6.54 Å². The molecule has 0 radical (unpaired) electrons. The van der Waals surface area contributed by atoms with Crippen LogP contribution in [0.25, 0.3) is 0 Å². The normalized spacial score (nSPS) is 12.1. The summed E-state index contributed by atoms with van der Waals surface area (Å²) >= 11 is 11.7. The highest BCUT2D eigenvalue weighted by Gasteiger charge is 2.17. The molecular weight excluding hydrogens is 344 g/mol. The Hall–Kier alpha value is -1.37. The van der Waals surface area contributed by atoms with Crippen LogP contribution in [0, 0.1) is 5.82 Å². The molecule has 0 aromatic heterocycles. The molecule has 0 bridgehead atoms. The molecule has 0 aliphatic heterocycles. The van der Waals surface area contributed by atoms with Crippen molar-refractivity contribution in [3.8, 4) is 0 Å². The van der Waals surface area contributed by atoms with Crippen molar-refractivity contribution in [3.63, 3.8) is 0 Å². The molecule has 1 aromatic carbocycles. The minimum atomic E-state index is -0.555. The Balaban J connectivity index is 2.47. The monoisotopic (exact) mass is 364 g/mol. The van der Waals surface area contributed by atoms with Crippen molar-refractivity contribution in [2.75, 3.05) is 13.1 Å². The Morgan fingerprint density at radius 2 is 1.83 bits per heavy atom. The molecule has 128 valence electrons. The van der Waals surface area contributed by atoms with Gasteiger partial charge in [0.1, 0.15) is 11.9 Å². The average molecular weight is 365 g/mol. The van der Waals surface area contributed by atoms with E-state index in [9.17, 15) is 14.0 Å². The third-order valence-corrected chi connectivity index (χ3v) is 3.70. The van der Waals surface area contributed by atoms with E-state index in [0.717, 1.165) is 0 Å². The summed E-state index contributed by atoms with van der Waals surface area (Å²) in [6.07, 6.45) is 0. The Morgan fingerprint density at radius 1 is 1.17 bits per heavy atom. The number of nitrogens with two attached hydrogens (primary N) is 1. The van der Waals surface area contributed by atoms with E-state index in [4.69, 9.17) is 23.2 Å². The number of amides is 2. The van der Waals surface area contributed by atoms with E-state index in [1.807, 2.05) is 13.8 Å². The topological polar surface area (TPSA) is 74.8 Å². The molecule has 0 aliphatic carbocycles. The summed E-state index contributed by atoms with van der Waals surface area (Å²) in [6.45, 7) is 5.49. The van der Waals surface area contributed by atoms with Crippen molar-refractivity contribution in [1.82, 2.24) is 10.6 Å². The van der Waals surface area contributed by atoms with Gasteiger partial charge in [0.2, 0.25) is 5.91 Å². The summed E-state index contributed by atoms with van der Waals surface area (Å²) in [5.74, 6) is -1.09. The second-order valence-electron chi connectivity index (χ2n) is 5.52. The fourth-order valence-electron chi connectivity index (χ4n) is 1.92. The Bertz CT molecular complexity index is 582. The van der Waals surface area contributed by atoms with Crippen LogP contribution in [0.2, 0.25) is 10.0 Å². The fraction of sp³-hybridized carbons (Fsp3) is 0.467. The van der Waals surface area contributed by atoms with E-state index < -0.39 is 5.82 Å². The first-order chi connectivity index (χ1) is 10.7. The van der Waals surface area contributed by atoms with Crippen molar-refractivity contribution in [2.45, 2.75) is 32.9 Å². The zero-order valence-electron chi connectivity index (χ0n) is 13.3. The molecule has 23 heavy (non-hydrogen) atoms. The predicted molar refractivity (Wildman–Crippen MR) is 87.9 cm³/mol. The predicted octanol–water partition coefficient (Wildman–Crippen LogP) is 1.40. The van der Waals surface area contributed by atoms with Gasteiger partial charge in [-0.05, 0) is 32.9 Å². The number of hydrogen-bond donors (Lipinski definition) is 3. The van der Waals surface area contributed by atoms with Gasteiger partial charge >= 0.3 is 0 Å². The SMILES string of the molecule is CC(C)NC(=O)CNC(=O)C[NH2+][C@@H](C)c1cc(F)c(Cl)cc1Cl. The molecule has 4 N–H and O–H groups in total. The van der Waals surface area contributed by atoms with Crippen molar-refractivity contribution >= 4 is 35.0 Å². The molecule has 0 spiro atoms. The minimum absolute atomic E-state index is 0.0212. The first kappa shape index (κ1) is 19.7. The molecule has 2 amide bonds. The number of benzene rings is 1. The lowest BCUT2D eigenvalue weighted by molar-refractivity contribution is -0.682. The highest BCUT2D eigenvalue weighted by atomic mass is 35.5. The van der Waals surface area contributed by atoms with E-state index in [0.29, 0.717) is 10.6 Å². The van der Waals surface area contributed by atoms with Crippen LogP contribution in [-0.2, 0) is 9.59 Å². The number of nitrogens with one attached hydrogen (secondary N) is 2. The van der Waals surface area contributed by atoms with E-state index >= 15 is 0 Å². The number of quaternary nitrogens is 1. The lowest BCUT2D eigenvalue weighted by Crippen LogP contribution is -2.87. The molecule has 0 saturated carbocycles. The number of carbonyl (C=O) groups is 2. The van der Waals surface area contributed by atoms with E-state index in [1.165, 1.54) is 12.1 Å². The molecular formula is C15H21Cl2FN3O2+. The number of halogens is 3. The van der Waals surface area contributed by atoms with Crippen LogP contribution >= 0.6 is 23.2 Å². The second kappa shape index (κ2) is 9.05. The van der Waals surface area contributed by atoms with Crippen LogP contribution in [0.4, 0.5) is 4.39 Å². The van der Waals surface area contributed by atoms with Crippen LogP contribution < -0.4 is 16.0 Å². The van der Waals surface area contributed by atoms with Crippen LogP contribution in [0.5, 0.6) is 0 Å². The van der Waals surface area contributed by atoms with Gasteiger partial charge in [0, 0.05) is 11.6 Å². The molecule has 0 unspecified atom stereocenters. The maximum Gasteiger partial charge on any atom is 0.275 e. The molecule has 1 atom stereocenters. The smallest absolute Gasteiger partial charge is 0.275 e. The summed E-state index contributed by atoms with van der Waals surface area (Å²) in [6, 6.07) is 2.39. The van der Waals surface area contributed by atoms with Gasteiger partial charge < -0.3 is 16.0 Å². The van der Waals surface area contributed by atoms with Gasteiger partial charge in [-0.15, -0.1) is 0 Å². The molecule has 1 rings (SSSR count). The van der Waals surface area contributed by atoms with Crippen LogP contribution in [-0.4, -0.2) is 30.9 Å². The van der Waals surface area contributed by atoms with Crippen LogP contribution in [0.15, 0.2) is 12.1 Å². The molecule has 8 heteroatoms. The first-order valence-corrected chi connectivity index (χ1v) is 8.00. The standard InChI is InChI=1S/C15H20Cl2FN3O2/c1-8(2)21-15(23)7-20-14(22)6-19-9(3)10-4-13(18)12(17)5-11(10)16/h4-5,8-9,19H,6-7H2,1-3H3,(H,20,22)(H,21,23)/p+1/t9-/m0/s1. The summed E-state index contributed by atoms with van der Waals surface area (Å²) in [5.41, 5.74) is 0.555. The molecule has 0 fully saturated rings. The number of rotatable bonds is 7. The Morgan fingerprint density at radius 3 is 2.43 bits per heavy atom. The lowest BCUT2D eigenvalue weighted by Gasteiger charge is -2.13. The van der Waals surface area contributed by atoms with Crippen molar-refractivity contribution < 1.29 is 19.3 Å². The van der Waals surface area contributed by atoms with Crippen LogP contribution in [0.1, 0.15) is 32.4 Å². The zero-order chi connectivity index (χ0) is 17.6. The Kier molecular flexibility index (Phi) is 7.75. The van der Waals surface area contributed by atoms with Crippen molar-refractivity contribution in [1.29, 1.82) is 0 Å².